The third kappa shape index (κ3) is 4.66. The van der Waals surface area contributed by atoms with Crippen LogP contribution in [-0.4, -0.2) is 48.6 Å². The first-order valence-electron chi connectivity index (χ1n) is 6.69. The van der Waals surface area contributed by atoms with Crippen LogP contribution in [0, 0.1) is 0 Å². The summed E-state index contributed by atoms with van der Waals surface area (Å²) in [7, 11) is 3.37. The van der Waals surface area contributed by atoms with Crippen LogP contribution in [0.4, 0.5) is 0 Å². The Kier molecular flexibility index (Phi) is 6.18. The molecule has 0 spiro atoms. The van der Waals surface area contributed by atoms with Crippen LogP contribution in [0.2, 0.25) is 0 Å². The zero-order chi connectivity index (χ0) is 15.1. The van der Waals surface area contributed by atoms with Crippen LogP contribution in [0.5, 0.6) is 0 Å². The van der Waals surface area contributed by atoms with Gasteiger partial charge in [0.25, 0.3) is 11.8 Å². The molecule has 0 fully saturated rings. The molecule has 0 aliphatic heterocycles. The Balaban J connectivity index is 2.64. The molecule has 0 saturated carbocycles. The molecule has 20 heavy (non-hydrogen) atoms. The first kappa shape index (κ1) is 16.2. The molecule has 1 rings (SSSR count). The number of nitrogens with one attached hydrogen (secondary N) is 1. The Hall–Kier alpha value is -1.88. The molecule has 0 saturated heterocycles. The number of carbonyl (C=O) groups excluding carboxylic acids is 2. The second-order valence-corrected chi connectivity index (χ2v) is 5.02. The normalized spacial score (nSPS) is 11.8. The quantitative estimate of drug-likeness (QED) is 0.823. The SMILES string of the molecule is CC(CCCO)NC(=O)c1ccc(C(=O)N(C)C)cc1. The maximum atomic E-state index is 12.0. The monoisotopic (exact) mass is 278 g/mol. The molecule has 5 nitrogen and oxygen atoms in total. The molecule has 1 atom stereocenters. The fourth-order valence-corrected chi connectivity index (χ4v) is 1.80. The molecule has 0 bridgehead atoms. The summed E-state index contributed by atoms with van der Waals surface area (Å²) in [5.74, 6) is -0.257. The van der Waals surface area contributed by atoms with Gasteiger partial charge in [-0.05, 0) is 44.0 Å². The lowest BCUT2D eigenvalue weighted by atomic mass is 10.1. The maximum absolute atomic E-state index is 12.0. The predicted molar refractivity (Wildman–Crippen MR) is 77.7 cm³/mol. The van der Waals surface area contributed by atoms with Crippen molar-refractivity contribution < 1.29 is 14.7 Å². The first-order chi connectivity index (χ1) is 9.45. The van der Waals surface area contributed by atoms with Crippen molar-refractivity contribution in [3.8, 4) is 0 Å². The molecule has 1 unspecified atom stereocenters. The van der Waals surface area contributed by atoms with Crippen LogP contribution in [0.25, 0.3) is 0 Å². The number of amides is 2. The Bertz CT molecular complexity index is 455. The fraction of sp³-hybridized carbons (Fsp3) is 0.467. The van der Waals surface area contributed by atoms with Crippen LogP contribution in [0.3, 0.4) is 0 Å². The molecule has 5 heteroatoms. The molecule has 2 amide bonds. The summed E-state index contributed by atoms with van der Waals surface area (Å²) in [4.78, 5) is 25.2. The Morgan fingerprint density at radius 1 is 1.20 bits per heavy atom. The average Bonchev–Trinajstić information content (AvgIpc) is 2.44. The number of aliphatic hydroxyl groups is 1. The standard InChI is InChI=1S/C15H22N2O3/c1-11(5-4-10-18)16-14(19)12-6-8-13(9-7-12)15(20)17(2)3/h6-9,11,18H,4-5,10H2,1-3H3,(H,16,19). The third-order valence-electron chi connectivity index (χ3n) is 2.97. The minimum absolute atomic E-state index is 0.0118. The summed E-state index contributed by atoms with van der Waals surface area (Å²) >= 11 is 0. The molecule has 110 valence electrons. The number of hydrogen-bond donors (Lipinski definition) is 2. The molecular weight excluding hydrogens is 256 g/mol. The second-order valence-electron chi connectivity index (χ2n) is 5.02. The topological polar surface area (TPSA) is 69.6 Å². The number of nitrogens with zero attached hydrogens (tertiary/aromatic N) is 1. The van der Waals surface area contributed by atoms with E-state index in [1.54, 1.807) is 38.4 Å². The highest BCUT2D eigenvalue weighted by atomic mass is 16.3. The Labute approximate surface area is 119 Å². The molecule has 1 aromatic rings. The lowest BCUT2D eigenvalue weighted by molar-refractivity contribution is 0.0826. The molecule has 0 radical (unpaired) electrons. The van der Waals surface area contributed by atoms with Gasteiger partial charge in [0.05, 0.1) is 0 Å². The third-order valence-corrected chi connectivity index (χ3v) is 2.97. The van der Waals surface area contributed by atoms with Crippen LogP contribution in [-0.2, 0) is 0 Å². The molecule has 0 heterocycles. The lowest BCUT2D eigenvalue weighted by Gasteiger charge is -2.14. The lowest BCUT2D eigenvalue weighted by Crippen LogP contribution is -2.32. The number of rotatable bonds is 6. The van der Waals surface area contributed by atoms with Gasteiger partial charge in [-0.25, -0.2) is 0 Å². The van der Waals surface area contributed by atoms with Crippen molar-refractivity contribution in [1.82, 2.24) is 10.2 Å². The van der Waals surface area contributed by atoms with E-state index in [-0.39, 0.29) is 24.5 Å². The van der Waals surface area contributed by atoms with E-state index >= 15 is 0 Å². The molecule has 0 aromatic heterocycles. The zero-order valence-corrected chi connectivity index (χ0v) is 12.2. The van der Waals surface area contributed by atoms with Gasteiger partial charge < -0.3 is 15.3 Å². The zero-order valence-electron chi connectivity index (χ0n) is 12.2. The van der Waals surface area contributed by atoms with Gasteiger partial charge in [0.1, 0.15) is 0 Å². The van der Waals surface area contributed by atoms with Crippen LogP contribution in [0.15, 0.2) is 24.3 Å². The molecule has 0 aliphatic carbocycles. The van der Waals surface area contributed by atoms with Crippen LogP contribution < -0.4 is 5.32 Å². The van der Waals surface area contributed by atoms with Crippen molar-refractivity contribution in [2.75, 3.05) is 20.7 Å². The van der Waals surface area contributed by atoms with Gasteiger partial charge in [0.15, 0.2) is 0 Å². The fourth-order valence-electron chi connectivity index (χ4n) is 1.80. The number of aliphatic hydroxyl groups excluding tert-OH is 1. The van der Waals surface area contributed by atoms with E-state index < -0.39 is 0 Å². The van der Waals surface area contributed by atoms with Gasteiger partial charge >= 0.3 is 0 Å². The number of benzene rings is 1. The summed E-state index contributed by atoms with van der Waals surface area (Å²) in [5, 5.41) is 11.6. The van der Waals surface area contributed by atoms with E-state index in [4.69, 9.17) is 5.11 Å². The van der Waals surface area contributed by atoms with E-state index in [0.717, 1.165) is 6.42 Å². The summed E-state index contributed by atoms with van der Waals surface area (Å²) in [6.07, 6.45) is 1.40. The highest BCUT2D eigenvalue weighted by molar-refractivity contribution is 5.97. The van der Waals surface area contributed by atoms with Crippen molar-refractivity contribution >= 4 is 11.8 Å². The highest BCUT2D eigenvalue weighted by Gasteiger charge is 2.12. The number of carbonyl (C=O) groups is 2. The average molecular weight is 278 g/mol. The number of hydrogen-bond acceptors (Lipinski definition) is 3. The van der Waals surface area contributed by atoms with Crippen LogP contribution in [0.1, 0.15) is 40.5 Å². The van der Waals surface area contributed by atoms with Crippen LogP contribution >= 0.6 is 0 Å². The maximum Gasteiger partial charge on any atom is 0.253 e. The van der Waals surface area contributed by atoms with E-state index in [2.05, 4.69) is 5.32 Å². The summed E-state index contributed by atoms with van der Waals surface area (Å²) in [6.45, 7) is 2.03. The van der Waals surface area contributed by atoms with E-state index in [0.29, 0.717) is 17.5 Å². The summed E-state index contributed by atoms with van der Waals surface area (Å²) in [5.41, 5.74) is 1.08. The van der Waals surface area contributed by atoms with Gasteiger partial charge in [0, 0.05) is 37.9 Å². The van der Waals surface area contributed by atoms with Crippen molar-refractivity contribution in [1.29, 1.82) is 0 Å². The molecule has 2 N–H and O–H groups in total. The summed E-state index contributed by atoms with van der Waals surface area (Å²) in [6, 6.07) is 6.60. The van der Waals surface area contributed by atoms with Gasteiger partial charge in [-0.1, -0.05) is 0 Å². The summed E-state index contributed by atoms with van der Waals surface area (Å²) < 4.78 is 0. The van der Waals surface area contributed by atoms with Gasteiger partial charge in [-0.2, -0.15) is 0 Å². The van der Waals surface area contributed by atoms with E-state index in [1.165, 1.54) is 4.90 Å². The highest BCUT2D eigenvalue weighted by Crippen LogP contribution is 2.07. The Morgan fingerprint density at radius 3 is 2.25 bits per heavy atom. The van der Waals surface area contributed by atoms with Crippen molar-refractivity contribution in [2.24, 2.45) is 0 Å². The van der Waals surface area contributed by atoms with Crippen molar-refractivity contribution in [3.05, 3.63) is 35.4 Å². The Morgan fingerprint density at radius 2 is 1.75 bits per heavy atom. The largest absolute Gasteiger partial charge is 0.396 e. The first-order valence-corrected chi connectivity index (χ1v) is 6.69. The molecule has 0 aliphatic rings. The molecule has 1 aromatic carbocycles. The minimum atomic E-state index is -0.167. The molecular formula is C15H22N2O3. The van der Waals surface area contributed by atoms with E-state index in [9.17, 15) is 9.59 Å². The van der Waals surface area contributed by atoms with Crippen molar-refractivity contribution in [3.63, 3.8) is 0 Å². The van der Waals surface area contributed by atoms with Gasteiger partial charge in [0.2, 0.25) is 0 Å². The van der Waals surface area contributed by atoms with E-state index in [1.807, 2.05) is 6.92 Å². The van der Waals surface area contributed by atoms with Gasteiger partial charge in [-0.3, -0.25) is 9.59 Å². The van der Waals surface area contributed by atoms with Crippen molar-refractivity contribution in [2.45, 2.75) is 25.8 Å². The second kappa shape index (κ2) is 7.65. The smallest absolute Gasteiger partial charge is 0.253 e. The van der Waals surface area contributed by atoms with Gasteiger partial charge in [-0.15, -0.1) is 0 Å². The predicted octanol–water partition coefficient (Wildman–Crippen LogP) is 1.28. The minimum Gasteiger partial charge on any atom is -0.396 e.